The highest BCUT2D eigenvalue weighted by atomic mass is 19.3. The lowest BCUT2D eigenvalue weighted by atomic mass is 9.82. The van der Waals surface area contributed by atoms with E-state index in [2.05, 4.69) is 22.1 Å². The maximum atomic E-state index is 14.1. The monoisotopic (exact) mass is 487 g/mol. The largest absolute Gasteiger partial charge is 0.378 e. The van der Waals surface area contributed by atoms with Crippen molar-refractivity contribution in [1.29, 1.82) is 0 Å². The summed E-state index contributed by atoms with van der Waals surface area (Å²) in [5.41, 5.74) is 5.84. The molecule has 2 aliphatic carbocycles. The van der Waals surface area contributed by atoms with Crippen molar-refractivity contribution in [3.05, 3.63) is 22.6 Å². The number of aromatic nitrogens is 4. The smallest absolute Gasteiger partial charge is 0.296 e. The number of hydrogen-bond donors (Lipinski definition) is 2. The predicted octanol–water partition coefficient (Wildman–Crippen LogP) is 2.21. The van der Waals surface area contributed by atoms with Crippen LogP contribution in [-0.2, 0) is 4.74 Å². The maximum absolute atomic E-state index is 14.1. The van der Waals surface area contributed by atoms with Crippen molar-refractivity contribution in [3.63, 3.8) is 0 Å². The Hall–Kier alpha value is -2.59. The normalized spacial score (nSPS) is 24.6. The summed E-state index contributed by atoms with van der Waals surface area (Å²) in [5.74, 6) is 2.71. The molecule has 35 heavy (non-hydrogen) atoms. The van der Waals surface area contributed by atoms with E-state index in [0.717, 1.165) is 45.2 Å². The summed E-state index contributed by atoms with van der Waals surface area (Å²) in [7, 11) is 0. The molecular formula is C25H35F2N7O. The summed E-state index contributed by atoms with van der Waals surface area (Å²) in [6, 6.07) is 1.79. The van der Waals surface area contributed by atoms with E-state index >= 15 is 0 Å². The van der Waals surface area contributed by atoms with Crippen molar-refractivity contribution in [2.45, 2.75) is 45.5 Å². The van der Waals surface area contributed by atoms with Gasteiger partial charge in [0.05, 0.1) is 23.9 Å². The van der Waals surface area contributed by atoms with Gasteiger partial charge in [-0.05, 0) is 56.4 Å². The minimum Gasteiger partial charge on any atom is -0.378 e. The van der Waals surface area contributed by atoms with Gasteiger partial charge in [0, 0.05) is 25.7 Å². The minimum atomic E-state index is -2.71. The summed E-state index contributed by atoms with van der Waals surface area (Å²) in [5, 5.41) is 4.69. The molecule has 3 heterocycles. The van der Waals surface area contributed by atoms with Gasteiger partial charge < -0.3 is 20.7 Å². The van der Waals surface area contributed by atoms with Gasteiger partial charge in [-0.3, -0.25) is 4.57 Å². The number of imidazole rings is 1. The Balaban J connectivity index is 1.50. The lowest BCUT2D eigenvalue weighted by Gasteiger charge is -2.29. The fraction of sp³-hybridized carbons (Fsp3) is 0.640. The second-order valence-electron chi connectivity index (χ2n) is 9.97. The summed E-state index contributed by atoms with van der Waals surface area (Å²) < 4.78 is 35.2. The molecule has 1 atom stereocenters. The van der Waals surface area contributed by atoms with Crippen LogP contribution in [0.25, 0.3) is 18.0 Å². The van der Waals surface area contributed by atoms with Crippen LogP contribution in [0.5, 0.6) is 0 Å². The zero-order chi connectivity index (χ0) is 24.4. The molecular weight excluding hydrogens is 452 g/mol. The van der Waals surface area contributed by atoms with Gasteiger partial charge in [-0.2, -0.15) is 9.97 Å². The third-order valence-electron chi connectivity index (χ3n) is 7.40. The number of alkyl halides is 2. The number of rotatable bonds is 7. The number of fused-ring (bicyclic) bond motifs is 1. The third-order valence-corrected chi connectivity index (χ3v) is 7.40. The van der Waals surface area contributed by atoms with Crippen LogP contribution in [0.2, 0.25) is 0 Å². The number of nitrogens with two attached hydrogens (primary N) is 1. The average molecular weight is 488 g/mol. The highest BCUT2D eigenvalue weighted by molar-refractivity contribution is 5.51. The van der Waals surface area contributed by atoms with Gasteiger partial charge >= 0.3 is 0 Å². The number of anilines is 2. The predicted molar refractivity (Wildman–Crippen MR) is 132 cm³/mol. The van der Waals surface area contributed by atoms with Crippen LogP contribution in [-0.4, -0.2) is 58.9 Å². The SMILES string of the molecule is CC1C=c2nc(C(F)F)n(-c3cc(N4CCOCC4)nc(NCC4CCC(CN)CC4)n3)c2=CC1. The Morgan fingerprint density at radius 1 is 1.09 bits per heavy atom. The van der Waals surface area contributed by atoms with Gasteiger partial charge in [0.25, 0.3) is 6.43 Å². The molecule has 0 radical (unpaired) electrons. The minimum absolute atomic E-state index is 0.261. The van der Waals surface area contributed by atoms with Crippen molar-refractivity contribution in [1.82, 2.24) is 19.5 Å². The zero-order valence-corrected chi connectivity index (χ0v) is 20.3. The molecule has 1 saturated heterocycles. The molecule has 190 valence electrons. The van der Waals surface area contributed by atoms with Crippen molar-refractivity contribution in [3.8, 4) is 5.82 Å². The lowest BCUT2D eigenvalue weighted by Crippen LogP contribution is -2.37. The number of ether oxygens (including phenoxy) is 1. The van der Waals surface area contributed by atoms with Crippen LogP contribution in [0, 0.1) is 17.8 Å². The number of nitrogens with zero attached hydrogens (tertiary/aromatic N) is 5. The van der Waals surface area contributed by atoms with Gasteiger partial charge in [0.2, 0.25) is 5.95 Å². The summed E-state index contributed by atoms with van der Waals surface area (Å²) in [6.07, 6.45) is 6.54. The van der Waals surface area contributed by atoms with Gasteiger partial charge in [-0.25, -0.2) is 13.8 Å². The lowest BCUT2D eigenvalue weighted by molar-refractivity contribution is 0.122. The summed E-state index contributed by atoms with van der Waals surface area (Å²) >= 11 is 0. The molecule has 1 aliphatic heterocycles. The van der Waals surface area contributed by atoms with E-state index in [9.17, 15) is 8.78 Å². The number of nitrogens with one attached hydrogen (secondary N) is 1. The first kappa shape index (κ1) is 24.1. The van der Waals surface area contributed by atoms with Gasteiger partial charge in [0.1, 0.15) is 11.6 Å². The Labute approximate surface area is 204 Å². The molecule has 10 heteroatoms. The number of halogens is 2. The molecule has 3 N–H and O–H groups in total. The van der Waals surface area contributed by atoms with E-state index in [4.69, 9.17) is 20.4 Å². The van der Waals surface area contributed by atoms with Crippen molar-refractivity contribution in [2.24, 2.45) is 23.5 Å². The van der Waals surface area contributed by atoms with Gasteiger partial charge in [0.15, 0.2) is 5.82 Å². The van der Waals surface area contributed by atoms with Crippen LogP contribution in [0.4, 0.5) is 20.5 Å². The zero-order valence-electron chi connectivity index (χ0n) is 20.3. The molecule has 0 bridgehead atoms. The molecule has 2 aromatic heterocycles. The first-order valence-corrected chi connectivity index (χ1v) is 12.8. The van der Waals surface area contributed by atoms with Crippen LogP contribution in [0.3, 0.4) is 0 Å². The summed E-state index contributed by atoms with van der Waals surface area (Å²) in [6.45, 7) is 6.17. The van der Waals surface area contributed by atoms with E-state index < -0.39 is 6.43 Å². The average Bonchev–Trinajstić information content (AvgIpc) is 3.27. The van der Waals surface area contributed by atoms with Crippen LogP contribution in [0.1, 0.15) is 51.3 Å². The van der Waals surface area contributed by atoms with Crippen molar-refractivity contribution < 1.29 is 13.5 Å². The molecule has 2 fully saturated rings. The number of morpholine rings is 1. The summed E-state index contributed by atoms with van der Waals surface area (Å²) in [4.78, 5) is 15.9. The second kappa shape index (κ2) is 10.6. The fourth-order valence-corrected chi connectivity index (χ4v) is 5.29. The maximum Gasteiger partial charge on any atom is 0.296 e. The second-order valence-corrected chi connectivity index (χ2v) is 9.97. The molecule has 0 amide bonds. The highest BCUT2D eigenvalue weighted by Crippen LogP contribution is 2.29. The molecule has 2 aromatic rings. The molecule has 5 rings (SSSR count). The van der Waals surface area contributed by atoms with Crippen LogP contribution < -0.4 is 26.6 Å². The van der Waals surface area contributed by atoms with Crippen molar-refractivity contribution >= 4 is 23.9 Å². The van der Waals surface area contributed by atoms with E-state index in [0.29, 0.717) is 66.4 Å². The number of hydrogen-bond acceptors (Lipinski definition) is 7. The highest BCUT2D eigenvalue weighted by Gasteiger charge is 2.24. The van der Waals surface area contributed by atoms with E-state index in [-0.39, 0.29) is 11.7 Å². The van der Waals surface area contributed by atoms with E-state index in [1.807, 2.05) is 12.2 Å². The quantitative estimate of drug-likeness (QED) is 0.619. The first-order valence-electron chi connectivity index (χ1n) is 12.8. The Bertz CT molecular complexity index is 1140. The Morgan fingerprint density at radius 3 is 2.51 bits per heavy atom. The standard InChI is InChI=1S/C25H35F2N7O/c1-16-2-7-20-19(12-16)30-24(23(26)27)34(20)22-13-21(33-8-10-35-11-9-33)31-25(32-22)29-15-18-5-3-17(14-28)4-6-18/h7,12-13,16-18,23H,2-6,8-11,14-15,28H2,1H3,(H,29,31,32). The molecule has 1 saturated carbocycles. The molecule has 3 aliphatic rings. The first-order chi connectivity index (χ1) is 17.0. The fourth-order valence-electron chi connectivity index (χ4n) is 5.29. The Morgan fingerprint density at radius 2 is 1.80 bits per heavy atom. The van der Waals surface area contributed by atoms with Crippen molar-refractivity contribution in [2.75, 3.05) is 49.6 Å². The molecule has 1 unspecified atom stereocenters. The van der Waals surface area contributed by atoms with Crippen LogP contribution in [0.15, 0.2) is 6.07 Å². The van der Waals surface area contributed by atoms with Crippen LogP contribution >= 0.6 is 0 Å². The Kier molecular flexibility index (Phi) is 7.29. The van der Waals surface area contributed by atoms with Gasteiger partial charge in [-0.1, -0.05) is 19.1 Å². The molecule has 0 spiro atoms. The van der Waals surface area contributed by atoms with E-state index in [1.54, 1.807) is 6.07 Å². The topological polar surface area (TPSA) is 94.1 Å². The van der Waals surface area contributed by atoms with Gasteiger partial charge in [-0.15, -0.1) is 0 Å². The molecule has 8 nitrogen and oxygen atoms in total. The molecule has 0 aromatic carbocycles. The van der Waals surface area contributed by atoms with E-state index in [1.165, 1.54) is 4.57 Å². The third kappa shape index (κ3) is 5.33.